The Morgan fingerprint density at radius 2 is 1.79 bits per heavy atom. The van der Waals surface area contributed by atoms with Crippen LogP contribution in [0, 0.1) is 3.57 Å². The van der Waals surface area contributed by atoms with Gasteiger partial charge in [-0.3, -0.25) is 4.79 Å². The van der Waals surface area contributed by atoms with Crippen molar-refractivity contribution in [2.45, 2.75) is 13.5 Å². The van der Waals surface area contributed by atoms with Gasteiger partial charge in [-0.15, -0.1) is 0 Å². The Kier molecular flexibility index (Phi) is 6.85. The molecule has 0 aliphatic heterocycles. The summed E-state index contributed by atoms with van der Waals surface area (Å²) in [7, 11) is 1.61. The summed E-state index contributed by atoms with van der Waals surface area (Å²) in [5.41, 5.74) is 0.812. The molecule has 146 valence electrons. The maximum atomic E-state index is 12.5. The zero-order valence-corrected chi connectivity index (χ0v) is 17.8. The molecule has 0 atom stereocenters. The molecular formula is C20H20IN3O4. The number of aromatic nitrogens is 2. The van der Waals surface area contributed by atoms with Crippen molar-refractivity contribution >= 4 is 28.5 Å². The molecule has 0 saturated carbocycles. The standard InChI is InChI=1S/C20H20IN3O4/c1-3-24(19(25)13-27-17-10-6-15(21)7-11-17)12-18-22-20(23-28-18)14-4-8-16(26-2)9-5-14/h4-11H,3,12-13H2,1-2H3. The van der Waals surface area contributed by atoms with Crippen molar-refractivity contribution in [2.75, 3.05) is 20.3 Å². The molecule has 0 bridgehead atoms. The van der Waals surface area contributed by atoms with Gasteiger partial charge < -0.3 is 18.9 Å². The van der Waals surface area contributed by atoms with Gasteiger partial charge in [-0.25, -0.2) is 0 Å². The van der Waals surface area contributed by atoms with Crippen LogP contribution in [-0.2, 0) is 11.3 Å². The predicted molar refractivity (Wildman–Crippen MR) is 112 cm³/mol. The van der Waals surface area contributed by atoms with Gasteiger partial charge in [0.05, 0.1) is 7.11 Å². The van der Waals surface area contributed by atoms with E-state index in [9.17, 15) is 4.79 Å². The number of benzene rings is 2. The van der Waals surface area contributed by atoms with Gasteiger partial charge in [0, 0.05) is 15.7 Å². The average molecular weight is 493 g/mol. The molecular weight excluding hydrogens is 473 g/mol. The normalized spacial score (nSPS) is 10.5. The molecule has 0 unspecified atom stereocenters. The van der Waals surface area contributed by atoms with E-state index in [1.165, 1.54) is 0 Å². The smallest absolute Gasteiger partial charge is 0.260 e. The number of hydrogen-bond donors (Lipinski definition) is 0. The Balaban J connectivity index is 1.59. The van der Waals surface area contributed by atoms with Crippen molar-refractivity contribution in [1.82, 2.24) is 15.0 Å². The third-order valence-corrected chi connectivity index (χ3v) is 4.77. The first-order valence-electron chi connectivity index (χ1n) is 8.72. The minimum atomic E-state index is -0.148. The van der Waals surface area contributed by atoms with E-state index in [1.807, 2.05) is 55.5 Å². The maximum Gasteiger partial charge on any atom is 0.260 e. The van der Waals surface area contributed by atoms with Crippen molar-refractivity contribution in [1.29, 1.82) is 0 Å². The first-order valence-corrected chi connectivity index (χ1v) is 9.80. The van der Waals surface area contributed by atoms with E-state index < -0.39 is 0 Å². The number of hydrogen-bond acceptors (Lipinski definition) is 6. The highest BCUT2D eigenvalue weighted by molar-refractivity contribution is 14.1. The molecule has 0 aliphatic rings. The van der Waals surface area contributed by atoms with Gasteiger partial charge in [0.25, 0.3) is 5.91 Å². The van der Waals surface area contributed by atoms with E-state index in [0.717, 1.165) is 14.9 Å². The van der Waals surface area contributed by atoms with Crippen molar-refractivity contribution < 1.29 is 18.8 Å². The fraction of sp³-hybridized carbons (Fsp3) is 0.250. The van der Waals surface area contributed by atoms with Crippen LogP contribution in [0.3, 0.4) is 0 Å². The number of ether oxygens (including phenoxy) is 2. The summed E-state index contributed by atoms with van der Waals surface area (Å²) in [6, 6.07) is 14.9. The Morgan fingerprint density at radius 1 is 1.11 bits per heavy atom. The van der Waals surface area contributed by atoms with Gasteiger partial charge in [0.15, 0.2) is 6.61 Å². The fourth-order valence-corrected chi connectivity index (χ4v) is 2.84. The van der Waals surface area contributed by atoms with E-state index in [0.29, 0.717) is 24.0 Å². The van der Waals surface area contributed by atoms with Gasteiger partial charge >= 0.3 is 0 Å². The van der Waals surface area contributed by atoms with Gasteiger partial charge in [-0.1, -0.05) is 5.16 Å². The highest BCUT2D eigenvalue weighted by Crippen LogP contribution is 2.20. The van der Waals surface area contributed by atoms with E-state index in [1.54, 1.807) is 12.0 Å². The van der Waals surface area contributed by atoms with Gasteiger partial charge in [0.2, 0.25) is 11.7 Å². The van der Waals surface area contributed by atoms with E-state index in [4.69, 9.17) is 14.0 Å². The first-order chi connectivity index (χ1) is 13.6. The van der Waals surface area contributed by atoms with Crippen LogP contribution >= 0.6 is 22.6 Å². The van der Waals surface area contributed by atoms with Crippen molar-refractivity contribution in [3.8, 4) is 22.9 Å². The number of rotatable bonds is 8. The molecule has 3 rings (SSSR count). The summed E-state index contributed by atoms with van der Waals surface area (Å²) >= 11 is 2.22. The SMILES string of the molecule is CCN(Cc1nc(-c2ccc(OC)cc2)no1)C(=O)COc1ccc(I)cc1. The van der Waals surface area contributed by atoms with E-state index >= 15 is 0 Å². The molecule has 28 heavy (non-hydrogen) atoms. The zero-order chi connectivity index (χ0) is 19.9. The van der Waals surface area contributed by atoms with Crippen LogP contribution in [0.15, 0.2) is 53.1 Å². The summed E-state index contributed by atoms with van der Waals surface area (Å²) < 4.78 is 17.1. The van der Waals surface area contributed by atoms with Crippen LogP contribution in [0.4, 0.5) is 0 Å². The second-order valence-electron chi connectivity index (χ2n) is 5.89. The molecule has 3 aromatic rings. The summed E-state index contributed by atoms with van der Waals surface area (Å²) in [6.45, 7) is 2.58. The summed E-state index contributed by atoms with van der Waals surface area (Å²) in [5, 5.41) is 3.99. The second kappa shape index (κ2) is 9.54. The predicted octanol–water partition coefficient (Wildman–Crippen LogP) is 3.78. The minimum Gasteiger partial charge on any atom is -0.497 e. The number of methoxy groups -OCH3 is 1. The monoisotopic (exact) mass is 493 g/mol. The molecule has 1 heterocycles. The van der Waals surface area contributed by atoms with Crippen molar-refractivity contribution in [3.63, 3.8) is 0 Å². The lowest BCUT2D eigenvalue weighted by Gasteiger charge is -2.18. The second-order valence-corrected chi connectivity index (χ2v) is 7.14. The Hall–Kier alpha value is -2.62. The van der Waals surface area contributed by atoms with Crippen molar-refractivity contribution in [2.24, 2.45) is 0 Å². The van der Waals surface area contributed by atoms with Crippen LogP contribution in [-0.4, -0.2) is 41.2 Å². The highest BCUT2D eigenvalue weighted by atomic mass is 127. The van der Waals surface area contributed by atoms with E-state index in [2.05, 4.69) is 32.7 Å². The number of carbonyl (C=O) groups excluding carboxylic acids is 1. The van der Waals surface area contributed by atoms with Crippen LogP contribution in [0.5, 0.6) is 11.5 Å². The number of amides is 1. The molecule has 7 nitrogen and oxygen atoms in total. The Labute approximate surface area is 176 Å². The third-order valence-electron chi connectivity index (χ3n) is 4.05. The van der Waals surface area contributed by atoms with Crippen LogP contribution in [0.1, 0.15) is 12.8 Å². The molecule has 1 aromatic heterocycles. The third kappa shape index (κ3) is 5.22. The van der Waals surface area contributed by atoms with Crippen LogP contribution in [0.2, 0.25) is 0 Å². The topological polar surface area (TPSA) is 77.7 Å². The fourth-order valence-electron chi connectivity index (χ4n) is 2.48. The first kappa shape index (κ1) is 20.1. The number of carbonyl (C=O) groups is 1. The lowest BCUT2D eigenvalue weighted by molar-refractivity contribution is -0.134. The molecule has 0 radical (unpaired) electrons. The van der Waals surface area contributed by atoms with Gasteiger partial charge in [0.1, 0.15) is 18.0 Å². The van der Waals surface area contributed by atoms with E-state index in [-0.39, 0.29) is 19.1 Å². The Morgan fingerprint density at radius 3 is 2.43 bits per heavy atom. The summed E-state index contributed by atoms with van der Waals surface area (Å²) in [5.74, 6) is 2.10. The average Bonchev–Trinajstić information content (AvgIpc) is 3.20. The quantitative estimate of drug-likeness (QED) is 0.445. The Bertz CT molecular complexity index is 910. The lowest BCUT2D eigenvalue weighted by Crippen LogP contribution is -2.34. The maximum absolute atomic E-state index is 12.5. The number of halogens is 1. The van der Waals surface area contributed by atoms with Crippen molar-refractivity contribution in [3.05, 3.63) is 58.0 Å². The molecule has 0 spiro atoms. The van der Waals surface area contributed by atoms with Crippen LogP contribution < -0.4 is 9.47 Å². The molecule has 0 fully saturated rings. The summed E-state index contributed by atoms with van der Waals surface area (Å²) in [6.07, 6.45) is 0. The minimum absolute atomic E-state index is 0.0477. The van der Waals surface area contributed by atoms with Crippen LogP contribution in [0.25, 0.3) is 11.4 Å². The molecule has 0 aliphatic carbocycles. The number of nitrogens with zero attached hydrogens (tertiary/aromatic N) is 3. The largest absolute Gasteiger partial charge is 0.497 e. The number of likely N-dealkylation sites (N-methyl/N-ethyl adjacent to an activating group) is 1. The molecule has 0 saturated heterocycles. The van der Waals surface area contributed by atoms with Gasteiger partial charge in [-0.2, -0.15) is 4.98 Å². The summed E-state index contributed by atoms with van der Waals surface area (Å²) in [4.78, 5) is 18.5. The zero-order valence-electron chi connectivity index (χ0n) is 15.6. The molecule has 2 aromatic carbocycles. The van der Waals surface area contributed by atoms with Gasteiger partial charge in [-0.05, 0) is 78.0 Å². The molecule has 8 heteroatoms. The lowest BCUT2D eigenvalue weighted by atomic mass is 10.2. The molecule has 1 amide bonds. The molecule has 0 N–H and O–H groups in total. The highest BCUT2D eigenvalue weighted by Gasteiger charge is 2.17.